The molecule has 1 unspecified atom stereocenters. The number of carbonyl (C=O) groups excluding carboxylic acids is 2. The smallest absolute Gasteiger partial charge is 0.246 e. The van der Waals surface area contributed by atoms with Crippen molar-refractivity contribution in [2.24, 2.45) is 0 Å². The van der Waals surface area contributed by atoms with Crippen LogP contribution in [0.2, 0.25) is 0 Å². The Kier molecular flexibility index (Phi) is 3.95. The van der Waals surface area contributed by atoms with Crippen molar-refractivity contribution in [3.05, 3.63) is 35.1 Å². The second kappa shape index (κ2) is 5.48. The number of imide groups is 1. The molecule has 2 rings (SSSR count). The Morgan fingerprint density at radius 3 is 2.74 bits per heavy atom. The summed E-state index contributed by atoms with van der Waals surface area (Å²) in [7, 11) is 1.50. The summed E-state index contributed by atoms with van der Waals surface area (Å²) in [6.45, 7) is 2.44. The van der Waals surface area contributed by atoms with Gasteiger partial charge in [0.15, 0.2) is 0 Å². The average molecular weight is 264 g/mol. The van der Waals surface area contributed by atoms with E-state index in [0.717, 1.165) is 16.0 Å². The Balaban J connectivity index is 1.87. The largest absolute Gasteiger partial charge is 0.305 e. The predicted octanol–water partition coefficient (Wildman–Crippen LogP) is 1.02. The average Bonchev–Trinajstić information content (AvgIpc) is 2.60. The van der Waals surface area contributed by atoms with Gasteiger partial charge in [0.2, 0.25) is 11.8 Å². The van der Waals surface area contributed by atoms with Gasteiger partial charge in [-0.15, -0.1) is 0 Å². The molecule has 2 amide bonds. The lowest BCUT2D eigenvalue weighted by Crippen LogP contribution is -2.38. The first-order valence-corrected chi connectivity index (χ1v) is 6.28. The van der Waals surface area contributed by atoms with Crippen molar-refractivity contribution in [2.75, 3.05) is 13.6 Å². The summed E-state index contributed by atoms with van der Waals surface area (Å²) in [4.78, 5) is 24.2. The molecule has 0 aromatic heterocycles. The van der Waals surface area contributed by atoms with Crippen molar-refractivity contribution in [3.8, 4) is 0 Å². The quantitative estimate of drug-likeness (QED) is 0.826. The number of hydrogen-bond donors (Lipinski definition) is 1. The molecule has 19 heavy (non-hydrogen) atoms. The van der Waals surface area contributed by atoms with Gasteiger partial charge < -0.3 is 5.32 Å². The standard InChI is InChI=1S/C14H17FN2O2/c1-9-7-11(15)4-3-10(9)5-6-16-12-8-13(18)17(2)14(12)19/h3-4,7,12,16H,5-6,8H2,1-2H3. The summed E-state index contributed by atoms with van der Waals surface area (Å²) in [5.74, 6) is -0.575. The first-order valence-electron chi connectivity index (χ1n) is 6.28. The summed E-state index contributed by atoms with van der Waals surface area (Å²) in [6.07, 6.45) is 0.922. The second-order valence-electron chi connectivity index (χ2n) is 4.82. The minimum absolute atomic E-state index is 0.152. The molecule has 1 aliphatic heterocycles. The molecular weight excluding hydrogens is 247 g/mol. The van der Waals surface area contributed by atoms with Gasteiger partial charge in [0.05, 0.1) is 12.5 Å². The molecule has 102 valence electrons. The fourth-order valence-corrected chi connectivity index (χ4v) is 2.24. The topological polar surface area (TPSA) is 49.4 Å². The monoisotopic (exact) mass is 264 g/mol. The molecule has 1 atom stereocenters. The maximum Gasteiger partial charge on any atom is 0.246 e. The van der Waals surface area contributed by atoms with Crippen molar-refractivity contribution < 1.29 is 14.0 Å². The Bertz CT molecular complexity index is 516. The van der Waals surface area contributed by atoms with Gasteiger partial charge in [-0.25, -0.2) is 4.39 Å². The third-order valence-corrected chi connectivity index (χ3v) is 3.47. The fraction of sp³-hybridized carbons (Fsp3) is 0.429. The molecule has 1 aromatic carbocycles. The Labute approximate surface area is 111 Å². The Hall–Kier alpha value is -1.75. The lowest BCUT2D eigenvalue weighted by molar-refractivity contribution is -0.137. The van der Waals surface area contributed by atoms with Crippen LogP contribution in [0, 0.1) is 12.7 Å². The summed E-state index contributed by atoms with van der Waals surface area (Å²) in [5.41, 5.74) is 1.94. The Morgan fingerprint density at radius 1 is 1.42 bits per heavy atom. The molecule has 1 aliphatic rings. The molecule has 0 bridgehead atoms. The van der Waals surface area contributed by atoms with Crippen LogP contribution in [0.5, 0.6) is 0 Å². The van der Waals surface area contributed by atoms with Crippen LogP contribution in [0.4, 0.5) is 4.39 Å². The molecule has 1 aromatic rings. The van der Waals surface area contributed by atoms with Gasteiger partial charge in [-0.05, 0) is 43.1 Å². The van der Waals surface area contributed by atoms with Crippen molar-refractivity contribution in [2.45, 2.75) is 25.8 Å². The van der Waals surface area contributed by atoms with Crippen LogP contribution in [-0.2, 0) is 16.0 Å². The van der Waals surface area contributed by atoms with E-state index in [4.69, 9.17) is 0 Å². The molecule has 5 heteroatoms. The Morgan fingerprint density at radius 2 is 2.16 bits per heavy atom. The highest BCUT2D eigenvalue weighted by molar-refractivity contribution is 6.05. The predicted molar refractivity (Wildman–Crippen MR) is 69.0 cm³/mol. The van der Waals surface area contributed by atoms with Gasteiger partial charge in [-0.1, -0.05) is 6.07 Å². The zero-order valence-electron chi connectivity index (χ0n) is 11.1. The van der Waals surface area contributed by atoms with E-state index in [1.54, 1.807) is 6.07 Å². The van der Waals surface area contributed by atoms with E-state index in [1.165, 1.54) is 19.2 Å². The maximum absolute atomic E-state index is 12.9. The molecule has 1 fully saturated rings. The summed E-state index contributed by atoms with van der Waals surface area (Å²) >= 11 is 0. The van der Waals surface area contributed by atoms with Gasteiger partial charge in [0, 0.05) is 7.05 Å². The fourth-order valence-electron chi connectivity index (χ4n) is 2.24. The van der Waals surface area contributed by atoms with E-state index in [1.807, 2.05) is 6.92 Å². The number of nitrogens with zero attached hydrogens (tertiary/aromatic N) is 1. The van der Waals surface area contributed by atoms with E-state index in [-0.39, 0.29) is 24.1 Å². The van der Waals surface area contributed by atoms with Crippen LogP contribution in [0.25, 0.3) is 0 Å². The van der Waals surface area contributed by atoms with Crippen molar-refractivity contribution >= 4 is 11.8 Å². The van der Waals surface area contributed by atoms with E-state index in [9.17, 15) is 14.0 Å². The van der Waals surface area contributed by atoms with Gasteiger partial charge in [-0.3, -0.25) is 14.5 Å². The molecule has 1 saturated heterocycles. The van der Waals surface area contributed by atoms with Gasteiger partial charge >= 0.3 is 0 Å². The minimum atomic E-state index is -0.418. The van der Waals surface area contributed by atoms with Gasteiger partial charge in [0.1, 0.15) is 5.82 Å². The van der Waals surface area contributed by atoms with Crippen molar-refractivity contribution in [1.29, 1.82) is 0 Å². The first kappa shape index (κ1) is 13.7. The van der Waals surface area contributed by atoms with Crippen LogP contribution < -0.4 is 5.32 Å². The number of likely N-dealkylation sites (tertiary alicyclic amines) is 1. The third-order valence-electron chi connectivity index (χ3n) is 3.47. The molecule has 0 aliphatic carbocycles. The number of carbonyl (C=O) groups is 2. The summed E-state index contributed by atoms with van der Waals surface area (Å²) < 4.78 is 12.9. The lowest BCUT2D eigenvalue weighted by Gasteiger charge is -2.11. The minimum Gasteiger partial charge on any atom is -0.305 e. The molecule has 1 N–H and O–H groups in total. The summed E-state index contributed by atoms with van der Waals surface area (Å²) in [5, 5.41) is 3.08. The number of aryl methyl sites for hydroxylation is 1. The van der Waals surface area contributed by atoms with Crippen molar-refractivity contribution in [1.82, 2.24) is 10.2 Å². The number of amides is 2. The summed E-state index contributed by atoms with van der Waals surface area (Å²) in [6, 6.07) is 4.26. The van der Waals surface area contributed by atoms with E-state index >= 15 is 0 Å². The highest BCUT2D eigenvalue weighted by Gasteiger charge is 2.35. The lowest BCUT2D eigenvalue weighted by atomic mass is 10.1. The molecule has 0 radical (unpaired) electrons. The van der Waals surface area contributed by atoms with Crippen LogP contribution in [0.15, 0.2) is 18.2 Å². The van der Waals surface area contributed by atoms with E-state index in [2.05, 4.69) is 5.32 Å². The van der Waals surface area contributed by atoms with Crippen LogP contribution >= 0.6 is 0 Å². The van der Waals surface area contributed by atoms with Crippen molar-refractivity contribution in [3.63, 3.8) is 0 Å². The zero-order valence-corrected chi connectivity index (χ0v) is 11.1. The van der Waals surface area contributed by atoms with Crippen LogP contribution in [-0.4, -0.2) is 36.3 Å². The van der Waals surface area contributed by atoms with Gasteiger partial charge in [-0.2, -0.15) is 0 Å². The number of nitrogens with one attached hydrogen (secondary N) is 1. The molecule has 4 nitrogen and oxygen atoms in total. The molecule has 0 spiro atoms. The number of halogens is 1. The van der Waals surface area contributed by atoms with Gasteiger partial charge in [0.25, 0.3) is 0 Å². The van der Waals surface area contributed by atoms with E-state index in [0.29, 0.717) is 13.0 Å². The normalized spacial score (nSPS) is 19.3. The zero-order chi connectivity index (χ0) is 14.0. The molecular formula is C14H17FN2O2. The van der Waals surface area contributed by atoms with E-state index < -0.39 is 6.04 Å². The van der Waals surface area contributed by atoms with Crippen LogP contribution in [0.1, 0.15) is 17.5 Å². The molecule has 0 saturated carbocycles. The molecule has 1 heterocycles. The highest BCUT2D eigenvalue weighted by atomic mass is 19.1. The first-order chi connectivity index (χ1) is 8.99. The highest BCUT2D eigenvalue weighted by Crippen LogP contribution is 2.12. The number of hydrogen-bond acceptors (Lipinski definition) is 3. The third kappa shape index (κ3) is 2.98. The second-order valence-corrected chi connectivity index (χ2v) is 4.82. The number of rotatable bonds is 4. The number of likely N-dealkylation sites (N-methyl/N-ethyl adjacent to an activating group) is 1. The maximum atomic E-state index is 12.9. The number of benzene rings is 1. The van der Waals surface area contributed by atoms with Crippen LogP contribution in [0.3, 0.4) is 0 Å². The SMILES string of the molecule is Cc1cc(F)ccc1CCNC1CC(=O)N(C)C1=O.